The van der Waals surface area contributed by atoms with E-state index in [4.69, 9.17) is 23.2 Å². The lowest BCUT2D eigenvalue weighted by atomic mass is 10.2. The van der Waals surface area contributed by atoms with Gasteiger partial charge in [0.1, 0.15) is 0 Å². The van der Waals surface area contributed by atoms with E-state index in [1.54, 1.807) is 6.20 Å². The number of aryl methyl sites for hydroxylation is 1. The minimum atomic E-state index is 0.415. The van der Waals surface area contributed by atoms with E-state index >= 15 is 0 Å². The third-order valence-corrected chi connectivity index (χ3v) is 4.17. The van der Waals surface area contributed by atoms with Crippen LogP contribution < -0.4 is 10.6 Å². The van der Waals surface area contributed by atoms with Crippen molar-refractivity contribution in [2.75, 3.05) is 10.6 Å². The zero-order chi connectivity index (χ0) is 16.9. The average Bonchev–Trinajstić information content (AvgIpc) is 2.58. The fourth-order valence-corrected chi connectivity index (χ4v) is 2.46. The Morgan fingerprint density at radius 1 is 1.04 bits per heavy atom. The van der Waals surface area contributed by atoms with Crippen LogP contribution in [0.3, 0.4) is 0 Å². The summed E-state index contributed by atoms with van der Waals surface area (Å²) in [5.41, 5.74) is 2.82. The molecule has 3 aromatic rings. The fourth-order valence-electron chi connectivity index (χ4n) is 2.07. The quantitative estimate of drug-likeness (QED) is 0.682. The predicted molar refractivity (Wildman–Crippen MR) is 98.1 cm³/mol. The maximum absolute atomic E-state index is 6.14. The second-order valence-corrected chi connectivity index (χ2v) is 6.01. The molecule has 0 saturated carbocycles. The number of rotatable bonds is 5. The molecule has 7 heteroatoms. The Bertz CT molecular complexity index is 854. The Morgan fingerprint density at radius 2 is 1.88 bits per heavy atom. The molecule has 122 valence electrons. The van der Waals surface area contributed by atoms with Gasteiger partial charge in [-0.2, -0.15) is 10.1 Å². The van der Waals surface area contributed by atoms with Crippen molar-refractivity contribution >= 4 is 40.7 Å². The van der Waals surface area contributed by atoms with Crippen LogP contribution in [0.25, 0.3) is 0 Å². The Balaban J connectivity index is 1.69. The average molecular weight is 360 g/mol. The summed E-state index contributed by atoms with van der Waals surface area (Å²) >= 11 is 12.3. The van der Waals surface area contributed by atoms with Crippen LogP contribution in [0.1, 0.15) is 11.1 Å². The molecule has 3 rings (SSSR count). The zero-order valence-electron chi connectivity index (χ0n) is 12.9. The smallest absolute Gasteiger partial charge is 0.244 e. The van der Waals surface area contributed by atoms with Crippen molar-refractivity contribution in [3.05, 3.63) is 69.8 Å². The summed E-state index contributed by atoms with van der Waals surface area (Å²) in [6, 6.07) is 13.3. The highest BCUT2D eigenvalue weighted by atomic mass is 35.5. The lowest BCUT2D eigenvalue weighted by Gasteiger charge is -2.09. The maximum atomic E-state index is 6.14. The monoisotopic (exact) mass is 359 g/mol. The normalized spacial score (nSPS) is 10.5. The molecular weight excluding hydrogens is 345 g/mol. The first-order valence-corrected chi connectivity index (χ1v) is 8.07. The van der Waals surface area contributed by atoms with Gasteiger partial charge in [-0.15, -0.1) is 5.10 Å². The lowest BCUT2D eigenvalue weighted by Crippen LogP contribution is -2.06. The van der Waals surface area contributed by atoms with Crippen LogP contribution in [0, 0.1) is 6.92 Å². The van der Waals surface area contributed by atoms with Gasteiger partial charge in [-0.3, -0.25) is 0 Å². The highest BCUT2D eigenvalue weighted by molar-refractivity contribution is 6.31. The van der Waals surface area contributed by atoms with Crippen LogP contribution in [0.15, 0.2) is 48.7 Å². The fraction of sp³-hybridized carbons (Fsp3) is 0.118. The SMILES string of the molecule is Cc1ccc(Nc2cnnc(NCc3ccccc3Cl)n2)cc1Cl. The van der Waals surface area contributed by atoms with Crippen molar-refractivity contribution in [1.29, 1.82) is 0 Å². The van der Waals surface area contributed by atoms with E-state index in [-0.39, 0.29) is 0 Å². The first kappa shape index (κ1) is 16.5. The molecule has 0 saturated heterocycles. The molecule has 0 radical (unpaired) electrons. The van der Waals surface area contributed by atoms with Gasteiger partial charge < -0.3 is 10.6 Å². The van der Waals surface area contributed by atoms with Gasteiger partial charge in [0.25, 0.3) is 0 Å². The van der Waals surface area contributed by atoms with Gasteiger partial charge in [-0.25, -0.2) is 0 Å². The number of hydrogen-bond acceptors (Lipinski definition) is 5. The Hall–Kier alpha value is -2.37. The highest BCUT2D eigenvalue weighted by Gasteiger charge is 2.04. The van der Waals surface area contributed by atoms with Crippen molar-refractivity contribution < 1.29 is 0 Å². The summed E-state index contributed by atoms with van der Waals surface area (Å²) in [5.74, 6) is 0.990. The summed E-state index contributed by atoms with van der Waals surface area (Å²) in [7, 11) is 0. The highest BCUT2D eigenvalue weighted by Crippen LogP contribution is 2.22. The number of benzene rings is 2. The lowest BCUT2D eigenvalue weighted by molar-refractivity contribution is 0.949. The molecule has 0 aliphatic carbocycles. The molecule has 0 spiro atoms. The third kappa shape index (κ3) is 4.13. The van der Waals surface area contributed by atoms with Gasteiger partial charge in [0.15, 0.2) is 5.82 Å². The maximum Gasteiger partial charge on any atom is 0.244 e. The first-order chi connectivity index (χ1) is 11.6. The molecule has 0 unspecified atom stereocenters. The van der Waals surface area contributed by atoms with Gasteiger partial charge in [0.2, 0.25) is 5.95 Å². The Labute approximate surface area is 150 Å². The molecule has 1 heterocycles. The Morgan fingerprint density at radius 3 is 2.67 bits per heavy atom. The summed E-state index contributed by atoms with van der Waals surface area (Å²) in [6.45, 7) is 2.47. The van der Waals surface area contributed by atoms with Crippen LogP contribution in [-0.4, -0.2) is 15.2 Å². The van der Waals surface area contributed by atoms with Gasteiger partial charge >= 0.3 is 0 Å². The number of halogens is 2. The van der Waals surface area contributed by atoms with Crippen LogP contribution in [0.4, 0.5) is 17.5 Å². The van der Waals surface area contributed by atoms with E-state index in [1.807, 2.05) is 49.4 Å². The van der Waals surface area contributed by atoms with Crippen molar-refractivity contribution in [3.63, 3.8) is 0 Å². The van der Waals surface area contributed by atoms with Crippen LogP contribution in [-0.2, 0) is 6.54 Å². The van der Waals surface area contributed by atoms with Crippen LogP contribution in [0.2, 0.25) is 10.0 Å². The zero-order valence-corrected chi connectivity index (χ0v) is 14.4. The van der Waals surface area contributed by atoms with Gasteiger partial charge in [0, 0.05) is 22.3 Å². The van der Waals surface area contributed by atoms with E-state index < -0.39 is 0 Å². The van der Waals surface area contributed by atoms with Crippen molar-refractivity contribution in [2.45, 2.75) is 13.5 Å². The topological polar surface area (TPSA) is 62.7 Å². The van der Waals surface area contributed by atoms with Crippen molar-refractivity contribution in [1.82, 2.24) is 15.2 Å². The van der Waals surface area contributed by atoms with Crippen molar-refractivity contribution in [2.24, 2.45) is 0 Å². The summed E-state index contributed by atoms with van der Waals surface area (Å²) in [4.78, 5) is 4.38. The molecule has 0 aliphatic rings. The van der Waals surface area contributed by atoms with E-state index in [2.05, 4.69) is 25.8 Å². The van der Waals surface area contributed by atoms with E-state index in [0.717, 1.165) is 16.8 Å². The van der Waals surface area contributed by atoms with Crippen molar-refractivity contribution in [3.8, 4) is 0 Å². The van der Waals surface area contributed by atoms with E-state index in [1.165, 1.54) is 0 Å². The van der Waals surface area contributed by atoms with E-state index in [0.29, 0.717) is 28.4 Å². The summed E-state index contributed by atoms with van der Waals surface area (Å²) < 4.78 is 0. The minimum Gasteiger partial charge on any atom is -0.349 e. The number of nitrogens with zero attached hydrogens (tertiary/aromatic N) is 3. The predicted octanol–water partition coefficient (Wildman–Crippen LogP) is 4.84. The number of anilines is 3. The third-order valence-electron chi connectivity index (χ3n) is 3.40. The van der Waals surface area contributed by atoms with E-state index in [9.17, 15) is 0 Å². The number of nitrogens with one attached hydrogen (secondary N) is 2. The molecule has 24 heavy (non-hydrogen) atoms. The second kappa shape index (κ2) is 7.47. The second-order valence-electron chi connectivity index (χ2n) is 5.20. The molecule has 2 aromatic carbocycles. The molecule has 1 aromatic heterocycles. The molecular formula is C17H15Cl2N5. The molecule has 0 bridgehead atoms. The van der Waals surface area contributed by atoms with Crippen LogP contribution >= 0.6 is 23.2 Å². The standard InChI is InChI=1S/C17H15Cl2N5/c1-11-6-7-13(8-15(11)19)22-16-10-21-24-17(23-16)20-9-12-4-2-3-5-14(12)18/h2-8,10H,9H2,1H3,(H2,20,22,23,24). The minimum absolute atomic E-state index is 0.415. The van der Waals surface area contributed by atoms with Crippen LogP contribution in [0.5, 0.6) is 0 Å². The summed E-state index contributed by atoms with van der Waals surface area (Å²) in [6.07, 6.45) is 1.55. The van der Waals surface area contributed by atoms with Gasteiger partial charge in [-0.1, -0.05) is 47.5 Å². The van der Waals surface area contributed by atoms with Gasteiger partial charge in [0.05, 0.1) is 6.20 Å². The molecule has 0 atom stereocenters. The number of aromatic nitrogens is 3. The summed E-state index contributed by atoms with van der Waals surface area (Å²) in [5, 5.41) is 15.6. The Kier molecular flexibility index (Phi) is 5.13. The van der Waals surface area contributed by atoms with Gasteiger partial charge in [-0.05, 0) is 36.2 Å². The molecule has 0 aliphatic heterocycles. The molecule has 5 nitrogen and oxygen atoms in total. The first-order valence-electron chi connectivity index (χ1n) is 7.32. The number of hydrogen-bond donors (Lipinski definition) is 2. The molecule has 2 N–H and O–H groups in total. The molecule has 0 fully saturated rings. The molecule has 0 amide bonds. The largest absolute Gasteiger partial charge is 0.349 e.